The summed E-state index contributed by atoms with van der Waals surface area (Å²) in [4.78, 5) is 13.6. The molecule has 0 saturated carbocycles. The summed E-state index contributed by atoms with van der Waals surface area (Å²) in [6.07, 6.45) is -143. The minimum absolute atomic E-state index is 0.879. The van der Waals surface area contributed by atoms with E-state index in [0.29, 0.717) is 0 Å². The minimum Gasteiger partial charge on any atom is -0.477 e. The number of carboxylic acid groups (broad SMARTS) is 1. The second-order valence-electron chi connectivity index (χ2n) is 36.0. The lowest BCUT2D eigenvalue weighted by Gasteiger charge is -2.53. The van der Waals surface area contributed by atoms with E-state index in [0.717, 1.165) is 0 Å². The number of aliphatic hydroxyl groups is 40. The van der Waals surface area contributed by atoms with E-state index in [9.17, 15) is 214 Å². The molecular formula is C77H134N2O64. The Balaban J connectivity index is 0.946. The molecule has 0 spiro atoms. The van der Waals surface area contributed by atoms with Crippen molar-refractivity contribution in [3.05, 3.63) is 0 Å². The molecule has 0 aromatic carbocycles. The topological polar surface area (TPSA) is 1100 Å². The molecule has 0 amide bonds. The maximum Gasteiger partial charge on any atom is 0.364 e. The highest BCUT2D eigenvalue weighted by atomic mass is 16.8. The second kappa shape index (κ2) is 52.2. The largest absolute Gasteiger partial charge is 0.477 e. The third-order valence-corrected chi connectivity index (χ3v) is 26.5. The number of nitrogens with two attached hydrogens (primary N) is 2. The van der Waals surface area contributed by atoms with Crippen LogP contribution in [0.1, 0.15) is 6.42 Å². The summed E-state index contributed by atoms with van der Waals surface area (Å²) in [6, 6.07) is -3.25. The summed E-state index contributed by atoms with van der Waals surface area (Å²) in [5.41, 5.74) is 11.6. The number of carbonyl (C=O) groups is 1. The first-order valence-corrected chi connectivity index (χ1v) is 45.1. The molecule has 66 heteroatoms. The van der Waals surface area contributed by atoms with Gasteiger partial charge in [0, 0.05) is 6.42 Å². The van der Waals surface area contributed by atoms with Crippen LogP contribution in [0.25, 0.3) is 0 Å². The molecule has 11 fully saturated rings. The standard InChI is InChI=1S/C77H134N2O64/c78-15(2-80)30(97)31(98)21(96)13-122-66-29(79)36(103)35(102)28(130-66)14-123-77(76(120)121)1-16(91)55(57(143-77)20(95)6-84)133-73-52(119)62(64(56(134-73)19(94)5-83)141-69-47(114)39(106)34(101)24(9-87)126-69)139-75-65(142-74-63(41(108)40(107)53(131-74)17(92)3-81)140-68-46(113)38(105)33(100)23(8-86)125-68)61(51(118)54(132-75)18(93)4-82)138-72-50(117)44(111)60(27(12-90)129-72)137-71-49(116)43(110)59(26(11-89)128-71)136-70-48(115)42(109)58(25(10-88)127-70)135-67-45(112)37(104)32(99)22(7-85)124-67/h15-75,80-119H,1-14,78-79H2,(H,120,121)/t15-,16+,17-,18-,19-,20+,21+,22+,23+,24+,25+,26+,27+,28+,29+,30+,31+,32-,33-,34+,35+,36+,37-,38-,39-,40-,41-,42+,43+,44+,45+,46+,47+,48+,49+,50+,51+,52-,53+,54+,55+,56+,57+,58-,59+,60+,61-,62+,63-,64+,65-,66+,67+,68-,69-,70-,71-,72+,73-,74+,75+,77+/m0/s1. The van der Waals surface area contributed by atoms with Crippen molar-refractivity contribution in [2.45, 2.75) is 386 Å². The van der Waals surface area contributed by atoms with Gasteiger partial charge in [0.25, 0.3) is 5.79 Å². The summed E-state index contributed by atoms with van der Waals surface area (Å²) in [5, 5.41) is 457. The van der Waals surface area contributed by atoms with Gasteiger partial charge in [-0.05, 0) is 0 Å². The summed E-state index contributed by atoms with van der Waals surface area (Å²) >= 11 is 0. The Morgan fingerprint density at radius 2 is 0.594 bits per heavy atom. The lowest BCUT2D eigenvalue weighted by Crippen LogP contribution is -2.72. The molecule has 11 aliphatic rings. The Morgan fingerprint density at radius 3 is 1.00 bits per heavy atom. The summed E-state index contributed by atoms with van der Waals surface area (Å²) in [7, 11) is 0. The van der Waals surface area contributed by atoms with Crippen LogP contribution in [0.15, 0.2) is 0 Å². The van der Waals surface area contributed by atoms with Crippen LogP contribution in [-0.4, -0.2) is 681 Å². The lowest BCUT2D eigenvalue weighted by atomic mass is 9.91. The predicted molar refractivity (Wildman–Crippen MR) is 430 cm³/mol. The third kappa shape index (κ3) is 25.8. The Kier molecular flexibility index (Phi) is 43.9. The van der Waals surface area contributed by atoms with Gasteiger partial charge in [-0.2, -0.15) is 0 Å². The van der Waals surface area contributed by atoms with E-state index in [1.165, 1.54) is 0 Å². The third-order valence-electron chi connectivity index (χ3n) is 26.5. The van der Waals surface area contributed by atoms with Gasteiger partial charge in [-0.15, -0.1) is 0 Å². The lowest BCUT2D eigenvalue weighted by molar-refractivity contribution is -0.429. The molecule has 62 atom stereocenters. The van der Waals surface area contributed by atoms with Crippen LogP contribution < -0.4 is 11.5 Å². The number of ether oxygens (including phenoxy) is 22. The fraction of sp³-hybridized carbons (Fsp3) is 0.987. The summed E-state index contributed by atoms with van der Waals surface area (Å²) in [5.74, 6) is -5.62. The molecule has 0 radical (unpaired) electrons. The van der Waals surface area contributed by atoms with E-state index in [4.69, 9.17) is 116 Å². The number of aliphatic hydroxyl groups excluding tert-OH is 40. The Labute approximate surface area is 805 Å². The van der Waals surface area contributed by atoms with Crippen LogP contribution in [0.4, 0.5) is 0 Å². The maximum atomic E-state index is 13.6. The van der Waals surface area contributed by atoms with Crippen LogP contribution >= 0.6 is 0 Å². The fourth-order valence-electron chi connectivity index (χ4n) is 18.0. The van der Waals surface area contributed by atoms with Crippen LogP contribution in [0.5, 0.6) is 0 Å². The van der Waals surface area contributed by atoms with Crippen LogP contribution in [-0.2, 0) is 109 Å². The average molecular weight is 2110 g/mol. The van der Waals surface area contributed by atoms with Gasteiger partial charge in [-0.1, -0.05) is 0 Å². The van der Waals surface area contributed by atoms with Crippen LogP contribution in [0, 0.1) is 0 Å². The van der Waals surface area contributed by atoms with E-state index in [2.05, 4.69) is 0 Å². The molecule has 0 aromatic heterocycles. The molecule has 66 nitrogen and oxygen atoms in total. The number of hydrogen-bond acceptors (Lipinski definition) is 65. The van der Waals surface area contributed by atoms with Gasteiger partial charge in [0.05, 0.1) is 110 Å². The first kappa shape index (κ1) is 120. The van der Waals surface area contributed by atoms with E-state index >= 15 is 0 Å². The van der Waals surface area contributed by atoms with Gasteiger partial charge >= 0.3 is 5.97 Å². The first-order valence-electron chi connectivity index (χ1n) is 45.1. The van der Waals surface area contributed by atoms with E-state index in [1.54, 1.807) is 0 Å². The Hall–Kier alpha value is -3.09. The molecule has 11 rings (SSSR count). The number of hydrogen-bond donors (Lipinski definition) is 43. The molecule has 11 aliphatic heterocycles. The maximum absolute atomic E-state index is 13.6. The van der Waals surface area contributed by atoms with E-state index < -0.39 is 478 Å². The summed E-state index contributed by atoms with van der Waals surface area (Å²) < 4.78 is 129. The number of rotatable bonds is 43. The predicted octanol–water partition coefficient (Wildman–Crippen LogP) is -29.7. The van der Waals surface area contributed by atoms with E-state index in [1.807, 2.05) is 0 Å². The minimum atomic E-state index is -3.39. The molecular weight excluding hydrogens is 1980 g/mol. The monoisotopic (exact) mass is 2110 g/mol. The fourth-order valence-corrected chi connectivity index (χ4v) is 18.0. The van der Waals surface area contributed by atoms with E-state index in [-0.39, 0.29) is 0 Å². The summed E-state index contributed by atoms with van der Waals surface area (Å²) in [6.45, 7) is -16.5. The van der Waals surface area contributed by atoms with Gasteiger partial charge < -0.3 is 325 Å². The number of carboxylic acids is 1. The van der Waals surface area contributed by atoms with Gasteiger partial charge in [0.1, 0.15) is 287 Å². The SMILES string of the molecule is N[C@H]1[C@H](OC[C@@H](O)[C@@H](O)[C@H](O)[C@@H](N)CO)O[C@H](CO[C@]2(C(=O)O)C[C@@H](O)[C@@H](O[C@H]3O[C@H]([C@@H](O)CO)[C@@H](O[C@@H]4O[C@H](CO)[C@@H](O)[C@H](O)[C@H]4O)[C@H](O[C@H]4O[C@H]([C@@H](O)CO)[C@@H](O)[C@H](O[C@H]5O[C@H](CO)[C@@H](O[C@@H]6O[C@H](CO)[C@@H](O[C@@H]7O[C@H](CO)[C@H](O[C@H]8O[C@H](CO)[C@H](O)[C@H](O)[C@H]8O)[C@H](O)[C@H]7O)[C@H](O)[C@H]6O)[C@H](O)[C@H]5O)[C@@H]4O[C@H]4O[C@H]([C@@H](O)CO)[C@@H](O)[C@H](O)[C@@H]4O[C@@H]4O[C@H](CO)[C@H](O)[C@H](O)[C@H]4O)[C@@H]3O)[C@@H]([C@H](O)CO)O2)[C@@H](O)[C@@H]1O. The molecule has 45 N–H and O–H groups in total. The smallest absolute Gasteiger partial charge is 0.364 e. The molecule has 11 saturated heterocycles. The van der Waals surface area contributed by atoms with Crippen LogP contribution in [0.3, 0.4) is 0 Å². The quantitative estimate of drug-likeness (QED) is 0.0270. The molecule has 836 valence electrons. The zero-order valence-electron chi connectivity index (χ0n) is 75.0. The molecule has 0 bridgehead atoms. The van der Waals surface area contributed by atoms with Crippen molar-refractivity contribution in [1.82, 2.24) is 0 Å². The average Bonchev–Trinajstić information content (AvgIpc) is 0.740. The molecule has 11 heterocycles. The normalized spacial score (nSPS) is 49.5. The Morgan fingerprint density at radius 1 is 0.287 bits per heavy atom. The van der Waals surface area contributed by atoms with Crippen molar-refractivity contribution in [1.29, 1.82) is 0 Å². The van der Waals surface area contributed by atoms with Crippen molar-refractivity contribution in [2.24, 2.45) is 11.5 Å². The van der Waals surface area contributed by atoms with Gasteiger partial charge in [-0.25, -0.2) is 4.79 Å². The highest BCUT2D eigenvalue weighted by molar-refractivity contribution is 5.76. The molecule has 143 heavy (non-hydrogen) atoms. The molecule has 0 aliphatic carbocycles. The van der Waals surface area contributed by atoms with Crippen molar-refractivity contribution >= 4 is 5.97 Å². The van der Waals surface area contributed by atoms with Gasteiger partial charge in [-0.3, -0.25) is 0 Å². The highest BCUT2D eigenvalue weighted by Crippen LogP contribution is 2.45. The highest BCUT2D eigenvalue weighted by Gasteiger charge is 2.66. The van der Waals surface area contributed by atoms with Crippen LogP contribution in [0.2, 0.25) is 0 Å². The zero-order chi connectivity index (χ0) is 106. The Bertz CT molecular complexity index is 3770. The first-order chi connectivity index (χ1) is 67.6. The molecule has 0 aromatic rings. The second-order valence-corrected chi connectivity index (χ2v) is 36.0. The van der Waals surface area contributed by atoms with Gasteiger partial charge in [0.2, 0.25) is 0 Å². The van der Waals surface area contributed by atoms with Crippen molar-refractivity contribution in [3.8, 4) is 0 Å². The van der Waals surface area contributed by atoms with Gasteiger partial charge in [0.15, 0.2) is 62.9 Å². The van der Waals surface area contributed by atoms with Crippen molar-refractivity contribution in [3.63, 3.8) is 0 Å². The molecule has 0 unspecified atom stereocenters. The van der Waals surface area contributed by atoms with Crippen molar-refractivity contribution < 1.29 is 318 Å². The number of aliphatic carboxylic acids is 1. The zero-order valence-corrected chi connectivity index (χ0v) is 75.0. The van der Waals surface area contributed by atoms with Crippen molar-refractivity contribution in [2.75, 3.05) is 85.9 Å².